The van der Waals surface area contributed by atoms with Crippen molar-refractivity contribution in [1.29, 1.82) is 0 Å². The van der Waals surface area contributed by atoms with Gasteiger partial charge in [-0.15, -0.1) is 0 Å². The van der Waals surface area contributed by atoms with E-state index in [1.54, 1.807) is 6.07 Å². The number of benzene rings is 1. The van der Waals surface area contributed by atoms with E-state index in [1.165, 1.54) is 12.1 Å². The SMILES string of the molecule is CCCNC(=O)N1CCCN(c2nc3cc(F)ccc3n3cccc23)CC1. The Morgan fingerprint density at radius 1 is 1.19 bits per heavy atom. The number of halogens is 1. The lowest BCUT2D eigenvalue weighted by Gasteiger charge is -2.24. The fourth-order valence-corrected chi connectivity index (χ4v) is 3.64. The molecule has 0 atom stereocenters. The predicted octanol–water partition coefficient (Wildman–Crippen LogP) is 3.26. The highest BCUT2D eigenvalue weighted by Gasteiger charge is 2.21. The first kappa shape index (κ1) is 17.6. The molecule has 4 rings (SSSR count). The van der Waals surface area contributed by atoms with Crippen LogP contribution in [-0.4, -0.2) is 53.0 Å². The summed E-state index contributed by atoms with van der Waals surface area (Å²) in [4.78, 5) is 21.1. The zero-order valence-corrected chi connectivity index (χ0v) is 15.5. The van der Waals surface area contributed by atoms with Gasteiger partial charge in [-0.3, -0.25) is 0 Å². The molecule has 0 radical (unpaired) electrons. The maximum atomic E-state index is 13.7. The van der Waals surface area contributed by atoms with E-state index in [9.17, 15) is 9.18 Å². The van der Waals surface area contributed by atoms with Gasteiger partial charge in [0, 0.05) is 45.0 Å². The second-order valence-corrected chi connectivity index (χ2v) is 6.89. The molecular weight excluding hydrogens is 345 g/mol. The maximum absolute atomic E-state index is 13.7. The van der Waals surface area contributed by atoms with E-state index >= 15 is 0 Å². The molecule has 2 amide bonds. The number of hydrogen-bond donors (Lipinski definition) is 1. The molecule has 27 heavy (non-hydrogen) atoms. The van der Waals surface area contributed by atoms with E-state index in [1.807, 2.05) is 34.6 Å². The van der Waals surface area contributed by atoms with Gasteiger partial charge in [-0.05, 0) is 37.1 Å². The number of amides is 2. The van der Waals surface area contributed by atoms with E-state index in [0.717, 1.165) is 42.8 Å². The molecule has 0 saturated carbocycles. The molecule has 0 aliphatic carbocycles. The Balaban J connectivity index is 1.63. The molecule has 1 fully saturated rings. The molecule has 0 bridgehead atoms. The Bertz CT molecular complexity index is 970. The van der Waals surface area contributed by atoms with Crippen molar-refractivity contribution in [3.8, 4) is 0 Å². The molecule has 0 spiro atoms. The van der Waals surface area contributed by atoms with Gasteiger partial charge in [-0.25, -0.2) is 14.2 Å². The lowest BCUT2D eigenvalue weighted by Crippen LogP contribution is -2.42. The molecule has 7 heteroatoms. The quantitative estimate of drug-likeness (QED) is 0.771. The van der Waals surface area contributed by atoms with E-state index in [0.29, 0.717) is 25.2 Å². The van der Waals surface area contributed by atoms with Crippen LogP contribution >= 0.6 is 0 Å². The number of urea groups is 1. The number of rotatable bonds is 3. The lowest BCUT2D eigenvalue weighted by molar-refractivity contribution is 0.201. The highest BCUT2D eigenvalue weighted by molar-refractivity contribution is 5.85. The highest BCUT2D eigenvalue weighted by Crippen LogP contribution is 2.26. The van der Waals surface area contributed by atoms with E-state index < -0.39 is 0 Å². The van der Waals surface area contributed by atoms with Gasteiger partial charge in [0.25, 0.3) is 0 Å². The van der Waals surface area contributed by atoms with Crippen molar-refractivity contribution in [3.05, 3.63) is 42.3 Å². The monoisotopic (exact) mass is 369 g/mol. The smallest absolute Gasteiger partial charge is 0.317 e. The Morgan fingerprint density at radius 2 is 2.07 bits per heavy atom. The predicted molar refractivity (Wildman–Crippen MR) is 105 cm³/mol. The van der Waals surface area contributed by atoms with Crippen LogP contribution in [0, 0.1) is 5.82 Å². The van der Waals surface area contributed by atoms with Crippen molar-refractivity contribution in [1.82, 2.24) is 19.6 Å². The minimum Gasteiger partial charge on any atom is -0.353 e. The molecule has 1 aromatic carbocycles. The Kier molecular flexibility index (Phi) is 4.83. The summed E-state index contributed by atoms with van der Waals surface area (Å²) in [6.07, 6.45) is 3.77. The zero-order valence-electron chi connectivity index (χ0n) is 15.5. The minimum absolute atomic E-state index is 0.0000692. The fourth-order valence-electron chi connectivity index (χ4n) is 3.64. The van der Waals surface area contributed by atoms with Crippen LogP contribution in [0.25, 0.3) is 16.6 Å². The summed E-state index contributed by atoms with van der Waals surface area (Å²) in [5, 5.41) is 2.95. The molecule has 1 N–H and O–H groups in total. The number of nitrogens with one attached hydrogen (secondary N) is 1. The minimum atomic E-state index is -0.290. The largest absolute Gasteiger partial charge is 0.353 e. The molecule has 142 valence electrons. The molecular formula is C20H24FN5O. The lowest BCUT2D eigenvalue weighted by atomic mass is 10.2. The van der Waals surface area contributed by atoms with Crippen LogP contribution < -0.4 is 10.2 Å². The second-order valence-electron chi connectivity index (χ2n) is 6.89. The Hall–Kier alpha value is -2.83. The summed E-state index contributed by atoms with van der Waals surface area (Å²) in [6.45, 7) is 5.63. The van der Waals surface area contributed by atoms with Crippen molar-refractivity contribution in [3.63, 3.8) is 0 Å². The van der Waals surface area contributed by atoms with Crippen LogP contribution in [0.1, 0.15) is 19.8 Å². The van der Waals surface area contributed by atoms with Crippen LogP contribution in [-0.2, 0) is 0 Å². The average Bonchev–Trinajstić information content (AvgIpc) is 3.03. The highest BCUT2D eigenvalue weighted by atomic mass is 19.1. The Labute approximate surface area is 157 Å². The van der Waals surface area contributed by atoms with Gasteiger partial charge < -0.3 is 19.5 Å². The molecule has 1 aliphatic heterocycles. The summed E-state index contributed by atoms with van der Waals surface area (Å²) in [5.41, 5.74) is 2.52. The fraction of sp³-hybridized carbons (Fsp3) is 0.400. The van der Waals surface area contributed by atoms with Gasteiger partial charge >= 0.3 is 6.03 Å². The number of nitrogens with zero attached hydrogens (tertiary/aromatic N) is 4. The van der Waals surface area contributed by atoms with E-state index in [4.69, 9.17) is 4.98 Å². The van der Waals surface area contributed by atoms with Crippen LogP contribution in [0.5, 0.6) is 0 Å². The van der Waals surface area contributed by atoms with Crippen molar-refractivity contribution in [2.24, 2.45) is 0 Å². The van der Waals surface area contributed by atoms with Gasteiger partial charge in [-0.1, -0.05) is 6.92 Å². The molecule has 0 unspecified atom stereocenters. The van der Waals surface area contributed by atoms with Gasteiger partial charge in [0.2, 0.25) is 0 Å². The first-order valence-corrected chi connectivity index (χ1v) is 9.51. The second kappa shape index (κ2) is 7.42. The van der Waals surface area contributed by atoms with Crippen LogP contribution in [0.2, 0.25) is 0 Å². The van der Waals surface area contributed by atoms with Crippen LogP contribution in [0.15, 0.2) is 36.5 Å². The normalized spacial score (nSPS) is 15.3. The van der Waals surface area contributed by atoms with Gasteiger partial charge in [0.1, 0.15) is 5.82 Å². The first-order valence-electron chi connectivity index (χ1n) is 9.51. The standard InChI is InChI=1S/C20H24FN5O/c1-2-8-22-20(27)25-10-4-9-24(12-13-25)19-18-5-3-11-26(18)17-7-6-15(21)14-16(17)23-19/h3,5-7,11,14H,2,4,8-10,12-13H2,1H3,(H,22,27). The van der Waals surface area contributed by atoms with Gasteiger partial charge in [-0.2, -0.15) is 0 Å². The van der Waals surface area contributed by atoms with Crippen molar-refractivity contribution >= 4 is 28.4 Å². The summed E-state index contributed by atoms with van der Waals surface area (Å²) in [7, 11) is 0. The molecule has 3 aromatic rings. The van der Waals surface area contributed by atoms with Gasteiger partial charge in [0.15, 0.2) is 5.82 Å². The molecule has 6 nitrogen and oxygen atoms in total. The third-order valence-electron chi connectivity index (χ3n) is 5.01. The van der Waals surface area contributed by atoms with E-state index in [2.05, 4.69) is 10.2 Å². The van der Waals surface area contributed by atoms with Crippen molar-refractivity contribution < 1.29 is 9.18 Å². The number of fused-ring (bicyclic) bond motifs is 3. The summed E-state index contributed by atoms with van der Waals surface area (Å²) in [5.74, 6) is 0.552. The van der Waals surface area contributed by atoms with Crippen LogP contribution in [0.4, 0.5) is 15.0 Å². The van der Waals surface area contributed by atoms with Crippen LogP contribution in [0.3, 0.4) is 0 Å². The summed E-state index contributed by atoms with van der Waals surface area (Å²) >= 11 is 0. The number of carbonyl (C=O) groups excluding carboxylic acids is 1. The molecule has 2 aromatic heterocycles. The average molecular weight is 369 g/mol. The molecule has 1 saturated heterocycles. The van der Waals surface area contributed by atoms with Crippen molar-refractivity contribution in [2.45, 2.75) is 19.8 Å². The third-order valence-corrected chi connectivity index (χ3v) is 5.01. The van der Waals surface area contributed by atoms with Gasteiger partial charge in [0.05, 0.1) is 16.6 Å². The zero-order chi connectivity index (χ0) is 18.8. The molecule has 1 aliphatic rings. The number of anilines is 1. The Morgan fingerprint density at radius 3 is 2.93 bits per heavy atom. The maximum Gasteiger partial charge on any atom is 0.317 e. The van der Waals surface area contributed by atoms with E-state index in [-0.39, 0.29) is 11.8 Å². The summed E-state index contributed by atoms with van der Waals surface area (Å²) < 4.78 is 15.8. The van der Waals surface area contributed by atoms with Crippen molar-refractivity contribution in [2.75, 3.05) is 37.6 Å². The number of carbonyl (C=O) groups is 1. The first-order chi connectivity index (χ1) is 13.2. The number of hydrogen-bond acceptors (Lipinski definition) is 3. The number of aromatic nitrogens is 2. The topological polar surface area (TPSA) is 52.9 Å². The third kappa shape index (κ3) is 3.41. The molecule has 3 heterocycles. The summed E-state index contributed by atoms with van der Waals surface area (Å²) in [6, 6.07) is 8.70.